The van der Waals surface area contributed by atoms with Gasteiger partial charge in [-0.2, -0.15) is 0 Å². The van der Waals surface area contributed by atoms with Crippen LogP contribution in [-0.2, 0) is 0 Å². The van der Waals surface area contributed by atoms with Gasteiger partial charge in [0.15, 0.2) is 17.5 Å². The van der Waals surface area contributed by atoms with Gasteiger partial charge in [-0.15, -0.1) is 11.3 Å². The van der Waals surface area contributed by atoms with Crippen LogP contribution in [0.3, 0.4) is 0 Å². The Bertz CT molecular complexity index is 3220. The zero-order valence-corrected chi connectivity index (χ0v) is 33.3. The molecule has 0 bridgehead atoms. The van der Waals surface area contributed by atoms with E-state index in [0.717, 1.165) is 50.3 Å². The largest absolute Gasteiger partial charge is 0.311 e. The van der Waals surface area contributed by atoms with Crippen molar-refractivity contribution in [3.05, 3.63) is 218 Å². The molecule has 2 aromatic heterocycles. The maximum atomic E-state index is 5.09. The Hall–Kier alpha value is -7.73. The third-order valence-electron chi connectivity index (χ3n) is 11.1. The van der Waals surface area contributed by atoms with Crippen LogP contribution in [0.1, 0.15) is 0 Å². The molecule has 0 atom stereocenters. The van der Waals surface area contributed by atoms with E-state index < -0.39 is 0 Å². The fourth-order valence-electron chi connectivity index (χ4n) is 8.16. The summed E-state index contributed by atoms with van der Waals surface area (Å²) in [7, 11) is 0. The Morgan fingerprint density at radius 3 is 1.35 bits per heavy atom. The molecule has 60 heavy (non-hydrogen) atoms. The minimum absolute atomic E-state index is 0.638. The third-order valence-corrected chi connectivity index (χ3v) is 12.3. The zero-order valence-electron chi connectivity index (χ0n) is 32.5. The average Bonchev–Trinajstić information content (AvgIpc) is 3.71. The van der Waals surface area contributed by atoms with Crippen molar-refractivity contribution in [2.24, 2.45) is 0 Å². The lowest BCUT2D eigenvalue weighted by atomic mass is 9.94. The zero-order chi connectivity index (χ0) is 39.8. The van der Waals surface area contributed by atoms with Crippen molar-refractivity contribution in [3.63, 3.8) is 0 Å². The first kappa shape index (κ1) is 35.4. The van der Waals surface area contributed by atoms with Crippen LogP contribution in [0.5, 0.6) is 0 Å². The Labute approximate surface area is 352 Å². The number of hydrogen-bond donors (Lipinski definition) is 0. The highest BCUT2D eigenvalue weighted by Gasteiger charge is 2.19. The average molecular weight is 785 g/mol. The first-order chi connectivity index (χ1) is 29.7. The second-order valence-corrected chi connectivity index (χ2v) is 15.9. The standard InChI is InChI=1S/C55H36N4S/c1-5-15-37(16-6-1)38-25-30-44(31-26-38)59(43-21-11-4-12-22-43)45-32-27-39(28-33-45)48-36-50-46-23-13-14-24-51(46)60-52(50)47-34-29-42(35-49(47)48)55-57-53(40-17-7-2-8-18-40)56-54(58-55)41-19-9-3-10-20-41/h1-36H. The molecule has 0 spiro atoms. The number of anilines is 3. The maximum Gasteiger partial charge on any atom is 0.164 e. The first-order valence-corrected chi connectivity index (χ1v) is 20.9. The SMILES string of the molecule is c1ccc(-c2ccc(N(c3ccccc3)c3ccc(-c4cc5c6ccccc6sc5c5ccc(-c6nc(-c7ccccc7)nc(-c7ccccc7)n6)cc45)cc3)cc2)cc1. The highest BCUT2D eigenvalue weighted by atomic mass is 32.1. The maximum absolute atomic E-state index is 5.09. The van der Waals surface area contributed by atoms with Crippen LogP contribution in [0, 0.1) is 0 Å². The molecule has 0 amide bonds. The molecule has 0 fully saturated rings. The fraction of sp³-hybridized carbons (Fsp3) is 0. The van der Waals surface area contributed by atoms with E-state index in [1.54, 1.807) is 0 Å². The molecule has 9 aromatic carbocycles. The predicted molar refractivity (Wildman–Crippen MR) is 252 cm³/mol. The molecule has 11 rings (SSSR count). The van der Waals surface area contributed by atoms with Gasteiger partial charge in [-0.25, -0.2) is 15.0 Å². The second-order valence-electron chi connectivity index (χ2n) is 14.8. The van der Waals surface area contributed by atoms with Crippen LogP contribution in [0.15, 0.2) is 218 Å². The lowest BCUT2D eigenvalue weighted by Gasteiger charge is -2.26. The van der Waals surface area contributed by atoms with Gasteiger partial charge in [0.2, 0.25) is 0 Å². The number of nitrogens with zero attached hydrogens (tertiary/aromatic N) is 4. The summed E-state index contributed by atoms with van der Waals surface area (Å²) < 4.78 is 2.55. The number of hydrogen-bond acceptors (Lipinski definition) is 5. The topological polar surface area (TPSA) is 41.9 Å². The molecule has 0 saturated heterocycles. The number of benzene rings is 9. The first-order valence-electron chi connectivity index (χ1n) is 20.1. The normalized spacial score (nSPS) is 11.3. The number of fused-ring (bicyclic) bond motifs is 5. The van der Waals surface area contributed by atoms with Crippen LogP contribution in [0.25, 0.3) is 87.4 Å². The van der Waals surface area contributed by atoms with E-state index in [4.69, 9.17) is 15.0 Å². The molecule has 0 aliphatic carbocycles. The van der Waals surface area contributed by atoms with Crippen molar-refractivity contribution in [1.82, 2.24) is 15.0 Å². The molecule has 0 aliphatic heterocycles. The van der Waals surface area contributed by atoms with E-state index in [-0.39, 0.29) is 0 Å². The summed E-state index contributed by atoms with van der Waals surface area (Å²) >= 11 is 1.85. The summed E-state index contributed by atoms with van der Waals surface area (Å²) in [6, 6.07) is 77.0. The van der Waals surface area contributed by atoms with Crippen LogP contribution >= 0.6 is 11.3 Å². The molecule has 282 valence electrons. The highest BCUT2D eigenvalue weighted by molar-refractivity contribution is 7.26. The summed E-state index contributed by atoms with van der Waals surface area (Å²) in [6.45, 7) is 0. The molecular formula is C55H36N4S. The van der Waals surface area contributed by atoms with Gasteiger partial charge in [0, 0.05) is 59.3 Å². The van der Waals surface area contributed by atoms with Crippen LogP contribution in [0.2, 0.25) is 0 Å². The molecule has 0 unspecified atom stereocenters. The van der Waals surface area contributed by atoms with E-state index in [9.17, 15) is 0 Å². The van der Waals surface area contributed by atoms with Gasteiger partial charge in [0.25, 0.3) is 0 Å². The van der Waals surface area contributed by atoms with E-state index in [1.807, 2.05) is 72.0 Å². The molecule has 5 heteroatoms. The second kappa shape index (κ2) is 15.2. The van der Waals surface area contributed by atoms with Gasteiger partial charge in [-0.1, -0.05) is 164 Å². The van der Waals surface area contributed by atoms with Gasteiger partial charge < -0.3 is 4.90 Å². The van der Waals surface area contributed by atoms with E-state index >= 15 is 0 Å². The highest BCUT2D eigenvalue weighted by Crippen LogP contribution is 2.45. The summed E-state index contributed by atoms with van der Waals surface area (Å²) in [4.78, 5) is 17.5. The van der Waals surface area contributed by atoms with Crippen LogP contribution < -0.4 is 4.90 Å². The van der Waals surface area contributed by atoms with Crippen molar-refractivity contribution in [1.29, 1.82) is 0 Å². The summed E-state index contributed by atoms with van der Waals surface area (Å²) in [5, 5.41) is 4.89. The Morgan fingerprint density at radius 2 is 0.750 bits per heavy atom. The minimum Gasteiger partial charge on any atom is -0.311 e. The monoisotopic (exact) mass is 784 g/mol. The van der Waals surface area contributed by atoms with Crippen LogP contribution in [-0.4, -0.2) is 15.0 Å². The molecule has 0 radical (unpaired) electrons. The van der Waals surface area contributed by atoms with Crippen molar-refractivity contribution in [2.45, 2.75) is 0 Å². The number of thiophene rings is 1. The molecule has 0 saturated carbocycles. The van der Waals surface area contributed by atoms with Crippen LogP contribution in [0.4, 0.5) is 17.1 Å². The number of para-hydroxylation sites is 1. The molecule has 0 N–H and O–H groups in total. The minimum atomic E-state index is 0.638. The van der Waals surface area contributed by atoms with E-state index in [1.165, 1.54) is 36.7 Å². The summed E-state index contributed by atoms with van der Waals surface area (Å²) in [5.74, 6) is 1.93. The number of rotatable bonds is 8. The Kier molecular flexibility index (Phi) is 8.99. The molecular weight excluding hydrogens is 749 g/mol. The Morgan fingerprint density at radius 1 is 0.300 bits per heavy atom. The van der Waals surface area contributed by atoms with Crippen molar-refractivity contribution >= 4 is 59.3 Å². The molecule has 0 aliphatic rings. The Balaban J connectivity index is 1.06. The summed E-state index contributed by atoms with van der Waals surface area (Å²) in [6.07, 6.45) is 0. The fourth-order valence-corrected chi connectivity index (χ4v) is 9.38. The van der Waals surface area contributed by atoms with Crippen molar-refractivity contribution in [2.75, 3.05) is 4.90 Å². The van der Waals surface area contributed by atoms with Gasteiger partial charge in [-0.05, 0) is 82.2 Å². The number of aromatic nitrogens is 3. The van der Waals surface area contributed by atoms with Gasteiger partial charge >= 0.3 is 0 Å². The summed E-state index contributed by atoms with van der Waals surface area (Å²) in [5.41, 5.74) is 10.8. The molecule has 2 heterocycles. The molecule has 11 aromatic rings. The molecule has 4 nitrogen and oxygen atoms in total. The quantitative estimate of drug-likeness (QED) is 0.154. The predicted octanol–water partition coefficient (Wildman–Crippen LogP) is 15.2. The van der Waals surface area contributed by atoms with Crippen molar-refractivity contribution in [3.8, 4) is 56.4 Å². The van der Waals surface area contributed by atoms with E-state index in [0.29, 0.717) is 17.5 Å². The lowest BCUT2D eigenvalue weighted by Crippen LogP contribution is -2.09. The lowest BCUT2D eigenvalue weighted by molar-refractivity contribution is 1.07. The van der Waals surface area contributed by atoms with Gasteiger partial charge in [-0.3, -0.25) is 0 Å². The van der Waals surface area contributed by atoms with E-state index in [2.05, 4.69) is 163 Å². The smallest absolute Gasteiger partial charge is 0.164 e. The van der Waals surface area contributed by atoms with Crippen molar-refractivity contribution < 1.29 is 0 Å². The third kappa shape index (κ3) is 6.57. The van der Waals surface area contributed by atoms with Gasteiger partial charge in [0.05, 0.1) is 0 Å². The van der Waals surface area contributed by atoms with Gasteiger partial charge in [0.1, 0.15) is 0 Å².